The molecular formula is C17H20F2N2O2. The minimum Gasteiger partial charge on any atom is -0.316 e. The number of hydrogen-bond donors (Lipinski definition) is 1. The Hall–Kier alpha value is -1.82. The second kappa shape index (κ2) is 5.67. The molecule has 3 unspecified atom stereocenters. The highest BCUT2D eigenvalue weighted by atomic mass is 19.3. The van der Waals surface area contributed by atoms with E-state index in [0.29, 0.717) is 11.1 Å². The van der Waals surface area contributed by atoms with E-state index < -0.39 is 35.5 Å². The topological polar surface area (TPSA) is 49.4 Å². The van der Waals surface area contributed by atoms with Crippen LogP contribution in [0, 0.1) is 17.8 Å². The van der Waals surface area contributed by atoms with E-state index >= 15 is 0 Å². The van der Waals surface area contributed by atoms with Crippen molar-refractivity contribution in [1.82, 2.24) is 10.2 Å². The molecule has 0 spiro atoms. The first-order chi connectivity index (χ1) is 10.8. The fourth-order valence-corrected chi connectivity index (χ4v) is 3.49. The Labute approximate surface area is 133 Å². The molecule has 0 bridgehead atoms. The second-order valence-electron chi connectivity index (χ2n) is 6.58. The summed E-state index contributed by atoms with van der Waals surface area (Å²) in [6.07, 6.45) is 0. The van der Waals surface area contributed by atoms with Gasteiger partial charge in [0.1, 0.15) is 0 Å². The maximum absolute atomic E-state index is 14.4. The fraction of sp³-hybridized carbons (Fsp3) is 0.529. The normalized spacial score (nSPS) is 27.9. The Morgan fingerprint density at radius 3 is 2.35 bits per heavy atom. The molecule has 23 heavy (non-hydrogen) atoms. The molecule has 3 atom stereocenters. The number of fused-ring (bicyclic) bond motifs is 1. The first kappa shape index (κ1) is 16.1. The first-order valence-corrected chi connectivity index (χ1v) is 7.87. The largest absolute Gasteiger partial charge is 0.316 e. The van der Waals surface area contributed by atoms with Crippen LogP contribution in [0.1, 0.15) is 34.6 Å². The number of imide groups is 1. The third-order valence-corrected chi connectivity index (χ3v) is 5.00. The second-order valence-corrected chi connectivity index (χ2v) is 6.58. The van der Waals surface area contributed by atoms with E-state index in [0.717, 1.165) is 4.90 Å². The Morgan fingerprint density at radius 2 is 1.78 bits per heavy atom. The number of halogens is 2. The van der Waals surface area contributed by atoms with Gasteiger partial charge in [-0.3, -0.25) is 14.5 Å². The molecule has 0 aromatic heterocycles. The zero-order valence-electron chi connectivity index (χ0n) is 13.2. The molecule has 0 aliphatic carbocycles. The molecule has 2 amide bonds. The summed E-state index contributed by atoms with van der Waals surface area (Å²) in [6.45, 7) is 3.70. The van der Waals surface area contributed by atoms with Gasteiger partial charge in [0.2, 0.25) is 0 Å². The third-order valence-electron chi connectivity index (χ3n) is 5.00. The Balaban J connectivity index is 1.78. The van der Waals surface area contributed by atoms with E-state index in [1.807, 2.05) is 0 Å². The van der Waals surface area contributed by atoms with Gasteiger partial charge in [-0.2, -0.15) is 0 Å². The molecule has 124 valence electrons. The Kier molecular flexibility index (Phi) is 3.96. The maximum atomic E-state index is 14.4. The highest BCUT2D eigenvalue weighted by molar-refractivity contribution is 6.21. The number of amides is 2. The van der Waals surface area contributed by atoms with Crippen molar-refractivity contribution in [3.05, 3.63) is 35.4 Å². The summed E-state index contributed by atoms with van der Waals surface area (Å²) in [5, 5.41) is 3.02. The predicted octanol–water partition coefficient (Wildman–Crippen LogP) is 2.41. The van der Waals surface area contributed by atoms with Gasteiger partial charge in [-0.15, -0.1) is 0 Å². The third kappa shape index (κ3) is 2.55. The van der Waals surface area contributed by atoms with Crippen LogP contribution in [0.3, 0.4) is 0 Å². The minimum absolute atomic E-state index is 0.0149. The number of hydrogen-bond acceptors (Lipinski definition) is 3. The van der Waals surface area contributed by atoms with Gasteiger partial charge in [0.05, 0.1) is 11.1 Å². The lowest BCUT2D eigenvalue weighted by atomic mass is 9.79. The van der Waals surface area contributed by atoms with E-state index in [4.69, 9.17) is 0 Å². The van der Waals surface area contributed by atoms with Gasteiger partial charge in [0, 0.05) is 31.5 Å². The number of carbonyl (C=O) groups is 2. The van der Waals surface area contributed by atoms with Crippen LogP contribution < -0.4 is 5.32 Å². The summed E-state index contributed by atoms with van der Waals surface area (Å²) < 4.78 is 28.8. The van der Waals surface area contributed by atoms with E-state index in [-0.39, 0.29) is 19.6 Å². The van der Waals surface area contributed by atoms with Crippen LogP contribution in [0.15, 0.2) is 24.3 Å². The molecular weight excluding hydrogens is 302 g/mol. The van der Waals surface area contributed by atoms with Crippen LogP contribution in [-0.4, -0.2) is 42.3 Å². The molecule has 2 aliphatic heterocycles. The molecule has 0 radical (unpaired) electrons. The lowest BCUT2D eigenvalue weighted by Crippen LogP contribution is -2.54. The number of nitrogens with one attached hydrogen (secondary N) is 1. The fourth-order valence-electron chi connectivity index (χ4n) is 3.49. The molecule has 2 heterocycles. The molecule has 3 rings (SSSR count). The van der Waals surface area contributed by atoms with Crippen molar-refractivity contribution in [1.29, 1.82) is 0 Å². The van der Waals surface area contributed by atoms with Crippen molar-refractivity contribution in [2.75, 3.05) is 19.6 Å². The number of alkyl halides is 2. The Bertz CT molecular complexity index is 612. The monoisotopic (exact) mass is 322 g/mol. The van der Waals surface area contributed by atoms with E-state index in [2.05, 4.69) is 5.32 Å². The number of carbonyl (C=O) groups excluding carboxylic acids is 2. The number of benzene rings is 1. The van der Waals surface area contributed by atoms with Gasteiger partial charge in [-0.1, -0.05) is 26.0 Å². The van der Waals surface area contributed by atoms with Crippen molar-refractivity contribution >= 4 is 11.8 Å². The van der Waals surface area contributed by atoms with E-state index in [1.54, 1.807) is 31.2 Å². The van der Waals surface area contributed by atoms with Crippen molar-refractivity contribution in [3.8, 4) is 0 Å². The van der Waals surface area contributed by atoms with Gasteiger partial charge in [0.15, 0.2) is 0 Å². The molecule has 1 N–H and O–H groups in total. The SMILES string of the molecule is CC(CN1C(=O)c2ccccc2C1=O)C1CNCC(C)C1(F)F. The van der Waals surface area contributed by atoms with Gasteiger partial charge >= 0.3 is 0 Å². The number of rotatable bonds is 3. The molecule has 4 nitrogen and oxygen atoms in total. The lowest BCUT2D eigenvalue weighted by molar-refractivity contribution is -0.134. The highest BCUT2D eigenvalue weighted by Crippen LogP contribution is 2.39. The Morgan fingerprint density at radius 1 is 1.22 bits per heavy atom. The smallest absolute Gasteiger partial charge is 0.261 e. The maximum Gasteiger partial charge on any atom is 0.261 e. The minimum atomic E-state index is -2.80. The standard InChI is InChI=1S/C17H20F2N2O2/c1-10(14-8-20-7-11(2)17(14,18)19)9-21-15(22)12-5-3-4-6-13(12)16(21)23/h3-6,10-11,14,20H,7-9H2,1-2H3. The van der Waals surface area contributed by atoms with Gasteiger partial charge < -0.3 is 5.32 Å². The van der Waals surface area contributed by atoms with Crippen LogP contribution in [-0.2, 0) is 0 Å². The molecule has 1 aromatic rings. The summed E-state index contributed by atoms with van der Waals surface area (Å²) in [4.78, 5) is 25.8. The summed E-state index contributed by atoms with van der Waals surface area (Å²) in [7, 11) is 0. The lowest BCUT2D eigenvalue weighted by Gasteiger charge is -2.40. The van der Waals surface area contributed by atoms with Crippen LogP contribution >= 0.6 is 0 Å². The van der Waals surface area contributed by atoms with Crippen molar-refractivity contribution in [3.63, 3.8) is 0 Å². The summed E-state index contributed by atoms with van der Waals surface area (Å²) in [5.74, 6) is -5.72. The van der Waals surface area contributed by atoms with Crippen LogP contribution in [0.2, 0.25) is 0 Å². The molecule has 2 aliphatic rings. The van der Waals surface area contributed by atoms with Gasteiger partial charge in [-0.05, 0) is 18.1 Å². The predicted molar refractivity (Wildman–Crippen MR) is 81.4 cm³/mol. The van der Waals surface area contributed by atoms with E-state index in [9.17, 15) is 18.4 Å². The molecule has 1 aromatic carbocycles. The quantitative estimate of drug-likeness (QED) is 0.870. The van der Waals surface area contributed by atoms with Crippen molar-refractivity contribution in [2.45, 2.75) is 19.8 Å². The van der Waals surface area contributed by atoms with Crippen molar-refractivity contribution in [2.24, 2.45) is 17.8 Å². The average molecular weight is 322 g/mol. The summed E-state index contributed by atoms with van der Waals surface area (Å²) in [5.41, 5.74) is 0.707. The zero-order valence-corrected chi connectivity index (χ0v) is 13.2. The summed E-state index contributed by atoms with van der Waals surface area (Å²) >= 11 is 0. The first-order valence-electron chi connectivity index (χ1n) is 7.87. The zero-order chi connectivity index (χ0) is 16.8. The molecule has 6 heteroatoms. The number of piperidine rings is 1. The van der Waals surface area contributed by atoms with Crippen LogP contribution in [0.4, 0.5) is 8.78 Å². The van der Waals surface area contributed by atoms with Gasteiger partial charge in [0.25, 0.3) is 17.7 Å². The molecule has 1 saturated heterocycles. The molecule has 1 fully saturated rings. The van der Waals surface area contributed by atoms with Crippen LogP contribution in [0.25, 0.3) is 0 Å². The summed E-state index contributed by atoms with van der Waals surface area (Å²) in [6, 6.07) is 6.58. The van der Waals surface area contributed by atoms with Crippen LogP contribution in [0.5, 0.6) is 0 Å². The molecule has 0 saturated carbocycles. The average Bonchev–Trinajstić information content (AvgIpc) is 2.75. The number of nitrogens with zero attached hydrogens (tertiary/aromatic N) is 1. The highest BCUT2D eigenvalue weighted by Gasteiger charge is 2.50. The van der Waals surface area contributed by atoms with Gasteiger partial charge in [-0.25, -0.2) is 8.78 Å². The van der Waals surface area contributed by atoms with Crippen molar-refractivity contribution < 1.29 is 18.4 Å². The van der Waals surface area contributed by atoms with E-state index in [1.165, 1.54) is 6.92 Å².